The van der Waals surface area contributed by atoms with E-state index in [0.29, 0.717) is 5.92 Å². The molecule has 3 heterocycles. The molecule has 1 aromatic carbocycles. The fourth-order valence-electron chi connectivity index (χ4n) is 4.64. The number of nitrogens with zero attached hydrogens (tertiary/aromatic N) is 3. The van der Waals surface area contributed by atoms with Gasteiger partial charge in [-0.1, -0.05) is 18.2 Å². The first-order valence-electron chi connectivity index (χ1n) is 11.1. The number of rotatable bonds is 6. The number of methoxy groups -OCH3 is 1. The standard InChI is InChI=1S/C24H34N4OS/c1-25-24(28-14-11-21(17-28)20-5-7-22(29-2)8-6-20)26-16-19-9-12-27(13-10-19)18-23-4-3-15-30-23/h3-8,15,19,21H,9-14,16-18H2,1-2H3,(H,25,26). The Bertz CT molecular complexity index is 797. The molecule has 30 heavy (non-hydrogen) atoms. The number of guanidine groups is 1. The van der Waals surface area contributed by atoms with E-state index in [9.17, 15) is 0 Å². The molecule has 6 heteroatoms. The molecule has 2 aromatic rings. The van der Waals surface area contributed by atoms with Crippen molar-refractivity contribution in [3.05, 3.63) is 52.2 Å². The number of piperidine rings is 1. The smallest absolute Gasteiger partial charge is 0.193 e. The molecule has 0 saturated carbocycles. The van der Waals surface area contributed by atoms with E-state index in [-0.39, 0.29) is 0 Å². The average Bonchev–Trinajstić information content (AvgIpc) is 3.48. The van der Waals surface area contributed by atoms with E-state index in [2.05, 4.69) is 61.9 Å². The largest absolute Gasteiger partial charge is 0.497 e. The van der Waals surface area contributed by atoms with Gasteiger partial charge in [0.05, 0.1) is 7.11 Å². The number of hydrogen-bond acceptors (Lipinski definition) is 4. The molecule has 0 spiro atoms. The van der Waals surface area contributed by atoms with Gasteiger partial charge in [0.25, 0.3) is 0 Å². The quantitative estimate of drug-likeness (QED) is 0.559. The molecule has 162 valence electrons. The minimum Gasteiger partial charge on any atom is -0.497 e. The summed E-state index contributed by atoms with van der Waals surface area (Å²) in [5, 5.41) is 5.85. The molecule has 0 bridgehead atoms. The summed E-state index contributed by atoms with van der Waals surface area (Å²) in [7, 11) is 3.63. The molecule has 2 aliphatic heterocycles. The van der Waals surface area contributed by atoms with Gasteiger partial charge < -0.3 is 15.0 Å². The second kappa shape index (κ2) is 10.3. The maximum absolute atomic E-state index is 5.29. The molecule has 0 aliphatic carbocycles. The summed E-state index contributed by atoms with van der Waals surface area (Å²) in [6.07, 6.45) is 3.71. The Balaban J connectivity index is 1.21. The van der Waals surface area contributed by atoms with Gasteiger partial charge >= 0.3 is 0 Å². The van der Waals surface area contributed by atoms with Crippen LogP contribution in [0.1, 0.15) is 35.6 Å². The third-order valence-electron chi connectivity index (χ3n) is 6.50. The van der Waals surface area contributed by atoms with Gasteiger partial charge in [-0.05, 0) is 67.4 Å². The molecule has 2 fully saturated rings. The highest BCUT2D eigenvalue weighted by molar-refractivity contribution is 7.09. The number of aliphatic imine (C=N–C) groups is 1. The highest BCUT2D eigenvalue weighted by Gasteiger charge is 2.27. The van der Waals surface area contributed by atoms with Crippen molar-refractivity contribution in [2.75, 3.05) is 46.9 Å². The fraction of sp³-hybridized carbons (Fsp3) is 0.542. The molecule has 1 N–H and O–H groups in total. The lowest BCUT2D eigenvalue weighted by Crippen LogP contribution is -2.44. The molecular formula is C24H34N4OS. The van der Waals surface area contributed by atoms with Crippen LogP contribution in [0.2, 0.25) is 0 Å². The molecule has 0 amide bonds. The third kappa shape index (κ3) is 5.35. The normalized spacial score (nSPS) is 21.2. The summed E-state index contributed by atoms with van der Waals surface area (Å²) in [4.78, 5) is 11.1. The van der Waals surface area contributed by atoms with Crippen LogP contribution in [0.4, 0.5) is 0 Å². The minimum absolute atomic E-state index is 0.565. The van der Waals surface area contributed by atoms with E-state index in [4.69, 9.17) is 4.74 Å². The monoisotopic (exact) mass is 426 g/mol. The number of likely N-dealkylation sites (tertiary alicyclic amines) is 2. The minimum atomic E-state index is 0.565. The van der Waals surface area contributed by atoms with Crippen LogP contribution < -0.4 is 10.1 Å². The number of benzene rings is 1. The second-order valence-electron chi connectivity index (χ2n) is 8.43. The lowest BCUT2D eigenvalue weighted by atomic mass is 9.97. The summed E-state index contributed by atoms with van der Waals surface area (Å²) >= 11 is 1.87. The van der Waals surface area contributed by atoms with Crippen molar-refractivity contribution in [1.82, 2.24) is 15.1 Å². The van der Waals surface area contributed by atoms with Crippen LogP contribution in [0.5, 0.6) is 5.75 Å². The Morgan fingerprint density at radius 2 is 1.93 bits per heavy atom. The first kappa shape index (κ1) is 21.2. The Labute approximate surface area is 184 Å². The van der Waals surface area contributed by atoms with Crippen LogP contribution in [0.25, 0.3) is 0 Å². The van der Waals surface area contributed by atoms with Gasteiger partial charge in [-0.2, -0.15) is 0 Å². The van der Waals surface area contributed by atoms with Crippen LogP contribution >= 0.6 is 11.3 Å². The van der Waals surface area contributed by atoms with Crippen molar-refractivity contribution in [2.24, 2.45) is 10.9 Å². The number of thiophene rings is 1. The van der Waals surface area contributed by atoms with Crippen molar-refractivity contribution in [3.63, 3.8) is 0 Å². The molecule has 2 aliphatic rings. The highest BCUT2D eigenvalue weighted by Crippen LogP contribution is 2.28. The zero-order valence-electron chi connectivity index (χ0n) is 18.2. The molecule has 1 unspecified atom stereocenters. The number of hydrogen-bond donors (Lipinski definition) is 1. The van der Waals surface area contributed by atoms with Crippen LogP contribution in [-0.4, -0.2) is 62.6 Å². The van der Waals surface area contributed by atoms with Gasteiger partial charge in [0.2, 0.25) is 0 Å². The van der Waals surface area contributed by atoms with Gasteiger partial charge in [-0.25, -0.2) is 0 Å². The summed E-state index contributed by atoms with van der Waals surface area (Å²) in [5.74, 6) is 3.29. The van der Waals surface area contributed by atoms with Crippen LogP contribution in [-0.2, 0) is 6.54 Å². The maximum Gasteiger partial charge on any atom is 0.193 e. The van der Waals surface area contributed by atoms with Gasteiger partial charge in [-0.15, -0.1) is 11.3 Å². The topological polar surface area (TPSA) is 40.1 Å². The van der Waals surface area contributed by atoms with Crippen LogP contribution in [0.15, 0.2) is 46.8 Å². The molecule has 2 saturated heterocycles. The van der Waals surface area contributed by atoms with Crippen molar-refractivity contribution in [2.45, 2.75) is 31.7 Å². The van der Waals surface area contributed by atoms with E-state index in [1.807, 2.05) is 18.4 Å². The van der Waals surface area contributed by atoms with Crippen molar-refractivity contribution in [1.29, 1.82) is 0 Å². The number of ether oxygens (including phenoxy) is 1. The van der Waals surface area contributed by atoms with Crippen molar-refractivity contribution >= 4 is 17.3 Å². The van der Waals surface area contributed by atoms with E-state index in [1.54, 1.807) is 7.11 Å². The molecule has 1 atom stereocenters. The predicted molar refractivity (Wildman–Crippen MR) is 126 cm³/mol. The molecular weight excluding hydrogens is 392 g/mol. The molecule has 5 nitrogen and oxygen atoms in total. The van der Waals surface area contributed by atoms with Gasteiger partial charge in [0.15, 0.2) is 5.96 Å². The Hall–Kier alpha value is -2.05. The maximum atomic E-state index is 5.29. The molecule has 1 aromatic heterocycles. The Morgan fingerprint density at radius 3 is 2.60 bits per heavy atom. The second-order valence-corrected chi connectivity index (χ2v) is 9.46. The van der Waals surface area contributed by atoms with Crippen LogP contribution in [0, 0.1) is 5.92 Å². The third-order valence-corrected chi connectivity index (χ3v) is 7.36. The fourth-order valence-corrected chi connectivity index (χ4v) is 5.39. The van der Waals surface area contributed by atoms with E-state index >= 15 is 0 Å². The van der Waals surface area contributed by atoms with E-state index < -0.39 is 0 Å². The van der Waals surface area contributed by atoms with Gasteiger partial charge in [0, 0.05) is 44.0 Å². The SMILES string of the molecule is CN=C(NCC1CCN(Cc2cccs2)CC1)N1CCC(c2ccc(OC)cc2)C1. The number of nitrogens with one attached hydrogen (secondary N) is 1. The average molecular weight is 427 g/mol. The molecule has 4 rings (SSSR count). The zero-order valence-corrected chi connectivity index (χ0v) is 19.0. The van der Waals surface area contributed by atoms with E-state index in [1.165, 1.54) is 42.8 Å². The first-order chi connectivity index (χ1) is 14.7. The Kier molecular flexibility index (Phi) is 7.28. The predicted octanol–water partition coefficient (Wildman–Crippen LogP) is 4.03. The summed E-state index contributed by atoms with van der Waals surface area (Å²) in [6, 6.07) is 12.9. The first-order valence-corrected chi connectivity index (χ1v) is 12.0. The highest BCUT2D eigenvalue weighted by atomic mass is 32.1. The Morgan fingerprint density at radius 1 is 1.13 bits per heavy atom. The van der Waals surface area contributed by atoms with Crippen molar-refractivity contribution < 1.29 is 4.74 Å². The lowest BCUT2D eigenvalue weighted by molar-refractivity contribution is 0.179. The summed E-state index contributed by atoms with van der Waals surface area (Å²) in [6.45, 7) is 6.64. The zero-order chi connectivity index (χ0) is 20.8. The lowest BCUT2D eigenvalue weighted by Gasteiger charge is -2.32. The summed E-state index contributed by atoms with van der Waals surface area (Å²) < 4.78 is 5.29. The van der Waals surface area contributed by atoms with Gasteiger partial charge in [0.1, 0.15) is 5.75 Å². The summed E-state index contributed by atoms with van der Waals surface area (Å²) in [5.41, 5.74) is 1.40. The van der Waals surface area contributed by atoms with Crippen molar-refractivity contribution in [3.8, 4) is 5.75 Å². The van der Waals surface area contributed by atoms with Crippen LogP contribution in [0.3, 0.4) is 0 Å². The van der Waals surface area contributed by atoms with Gasteiger partial charge in [-0.3, -0.25) is 9.89 Å². The van der Waals surface area contributed by atoms with E-state index in [0.717, 1.165) is 43.8 Å². The molecule has 0 radical (unpaired) electrons.